The van der Waals surface area contributed by atoms with Crippen LogP contribution in [0.15, 0.2) is 21.8 Å². The van der Waals surface area contributed by atoms with E-state index in [9.17, 15) is 0 Å². The van der Waals surface area contributed by atoms with E-state index in [1.165, 1.54) is 19.4 Å². The van der Waals surface area contributed by atoms with Crippen molar-refractivity contribution in [2.45, 2.75) is 39.3 Å². The maximum absolute atomic E-state index is 4.81. The van der Waals surface area contributed by atoms with Gasteiger partial charge in [-0.05, 0) is 32.9 Å². The van der Waals surface area contributed by atoms with Gasteiger partial charge in [0.2, 0.25) is 0 Å². The lowest BCUT2D eigenvalue weighted by Gasteiger charge is -2.23. The Kier molecular flexibility index (Phi) is 5.86. The van der Waals surface area contributed by atoms with Gasteiger partial charge in [-0.15, -0.1) is 0 Å². The summed E-state index contributed by atoms with van der Waals surface area (Å²) in [5.41, 5.74) is 0.846. The molecule has 1 atom stereocenters. The van der Waals surface area contributed by atoms with E-state index < -0.39 is 0 Å². The summed E-state index contributed by atoms with van der Waals surface area (Å²) in [4.78, 5) is 7.04. The molecular formula is C14H25N5O. The highest BCUT2D eigenvalue weighted by atomic mass is 16.5. The molecule has 1 unspecified atom stereocenters. The summed E-state index contributed by atoms with van der Waals surface area (Å²) in [6, 6.07) is 2.46. The summed E-state index contributed by atoms with van der Waals surface area (Å²) in [7, 11) is 0. The summed E-state index contributed by atoms with van der Waals surface area (Å²) < 4.78 is 4.81. The summed E-state index contributed by atoms with van der Waals surface area (Å²) >= 11 is 0. The van der Waals surface area contributed by atoms with Gasteiger partial charge >= 0.3 is 0 Å². The van der Waals surface area contributed by atoms with E-state index in [-0.39, 0.29) is 0 Å². The highest BCUT2D eigenvalue weighted by Crippen LogP contribution is 2.15. The third-order valence-electron chi connectivity index (χ3n) is 3.65. The average Bonchev–Trinajstić information content (AvgIpc) is 3.12. The number of aliphatic imine (C=N–C) groups is 1. The van der Waals surface area contributed by atoms with Gasteiger partial charge in [-0.3, -0.25) is 4.90 Å². The molecule has 1 aromatic heterocycles. The fourth-order valence-corrected chi connectivity index (χ4v) is 2.58. The van der Waals surface area contributed by atoms with E-state index in [2.05, 4.69) is 39.5 Å². The van der Waals surface area contributed by atoms with Gasteiger partial charge in [-0.25, -0.2) is 4.99 Å². The lowest BCUT2D eigenvalue weighted by atomic mass is 10.2. The standard InChI is InChI=1S/C14H25N5O/c1-3-15-14(16-10-12-7-9-20-18-12)17-11-13-6-5-8-19(13)4-2/h7,9,13H,3-6,8,10-11H2,1-2H3,(H2,15,16,17). The van der Waals surface area contributed by atoms with Crippen molar-refractivity contribution >= 4 is 5.96 Å². The maximum Gasteiger partial charge on any atom is 0.191 e. The van der Waals surface area contributed by atoms with Crippen molar-refractivity contribution in [3.05, 3.63) is 18.0 Å². The number of likely N-dealkylation sites (N-methyl/N-ethyl adjacent to an activating group) is 1. The molecule has 112 valence electrons. The summed E-state index contributed by atoms with van der Waals surface area (Å²) in [6.45, 7) is 8.97. The number of likely N-dealkylation sites (tertiary alicyclic amines) is 1. The molecular weight excluding hydrogens is 254 g/mol. The van der Waals surface area contributed by atoms with Crippen molar-refractivity contribution in [2.24, 2.45) is 4.99 Å². The van der Waals surface area contributed by atoms with E-state index in [1.807, 2.05) is 6.07 Å². The average molecular weight is 279 g/mol. The van der Waals surface area contributed by atoms with Crippen LogP contribution in [0.3, 0.4) is 0 Å². The molecule has 0 aromatic carbocycles. The topological polar surface area (TPSA) is 65.7 Å². The summed E-state index contributed by atoms with van der Waals surface area (Å²) in [5.74, 6) is 0.846. The Morgan fingerprint density at radius 1 is 1.50 bits per heavy atom. The molecule has 0 aliphatic carbocycles. The van der Waals surface area contributed by atoms with Crippen LogP contribution >= 0.6 is 0 Å². The van der Waals surface area contributed by atoms with Crippen LogP contribution in [0.25, 0.3) is 0 Å². The molecule has 6 heteroatoms. The van der Waals surface area contributed by atoms with Crippen molar-refractivity contribution in [2.75, 3.05) is 26.2 Å². The number of aromatic nitrogens is 1. The minimum atomic E-state index is 0.536. The van der Waals surface area contributed by atoms with Crippen LogP contribution in [0.4, 0.5) is 0 Å². The van der Waals surface area contributed by atoms with Crippen molar-refractivity contribution < 1.29 is 4.52 Å². The van der Waals surface area contributed by atoms with E-state index in [4.69, 9.17) is 4.52 Å². The maximum atomic E-state index is 4.81. The van der Waals surface area contributed by atoms with Gasteiger partial charge in [0.1, 0.15) is 12.0 Å². The van der Waals surface area contributed by atoms with Crippen LogP contribution in [0, 0.1) is 0 Å². The molecule has 1 fully saturated rings. The van der Waals surface area contributed by atoms with Gasteiger partial charge < -0.3 is 15.2 Å². The van der Waals surface area contributed by atoms with E-state index in [1.54, 1.807) is 6.26 Å². The fourth-order valence-electron chi connectivity index (χ4n) is 2.58. The van der Waals surface area contributed by atoms with Gasteiger partial charge in [0.05, 0.1) is 6.54 Å². The number of rotatable bonds is 6. The van der Waals surface area contributed by atoms with Crippen LogP contribution in [-0.2, 0) is 6.54 Å². The minimum Gasteiger partial charge on any atom is -0.364 e. The summed E-state index contributed by atoms with van der Waals surface area (Å²) in [6.07, 6.45) is 4.14. The van der Waals surface area contributed by atoms with Gasteiger partial charge in [-0.1, -0.05) is 12.1 Å². The minimum absolute atomic E-state index is 0.536. The number of guanidine groups is 1. The number of hydrogen-bond donors (Lipinski definition) is 2. The van der Waals surface area contributed by atoms with E-state index in [0.717, 1.165) is 31.3 Å². The first kappa shape index (κ1) is 14.8. The first-order chi connectivity index (χ1) is 9.83. The highest BCUT2D eigenvalue weighted by molar-refractivity contribution is 5.79. The molecule has 0 spiro atoms. The smallest absolute Gasteiger partial charge is 0.191 e. The number of nitrogens with zero attached hydrogens (tertiary/aromatic N) is 3. The Bertz CT molecular complexity index is 404. The largest absolute Gasteiger partial charge is 0.364 e. The Labute approximate surface area is 120 Å². The zero-order valence-electron chi connectivity index (χ0n) is 12.4. The molecule has 0 radical (unpaired) electrons. The van der Waals surface area contributed by atoms with E-state index in [0.29, 0.717) is 12.6 Å². The van der Waals surface area contributed by atoms with Crippen LogP contribution in [-0.4, -0.2) is 48.2 Å². The fraction of sp³-hybridized carbons (Fsp3) is 0.714. The van der Waals surface area contributed by atoms with Gasteiger partial charge in [0.15, 0.2) is 5.96 Å². The summed E-state index contributed by atoms with van der Waals surface area (Å²) in [5, 5.41) is 10.6. The molecule has 1 aromatic rings. The quantitative estimate of drug-likeness (QED) is 0.605. The SMILES string of the molecule is CCNC(=NCc1ccon1)NCC1CCCN1CC. The second kappa shape index (κ2) is 7.89. The molecule has 2 rings (SSSR count). The van der Waals surface area contributed by atoms with E-state index >= 15 is 0 Å². The molecule has 20 heavy (non-hydrogen) atoms. The molecule has 0 amide bonds. The Hall–Kier alpha value is -1.56. The van der Waals surface area contributed by atoms with Crippen molar-refractivity contribution in [3.63, 3.8) is 0 Å². The molecule has 1 aliphatic heterocycles. The Morgan fingerprint density at radius 2 is 2.40 bits per heavy atom. The van der Waals surface area contributed by atoms with Crippen LogP contribution in [0.2, 0.25) is 0 Å². The third kappa shape index (κ3) is 4.23. The van der Waals surface area contributed by atoms with Crippen LogP contribution in [0.5, 0.6) is 0 Å². The number of hydrogen-bond acceptors (Lipinski definition) is 4. The molecule has 1 saturated heterocycles. The van der Waals surface area contributed by atoms with Crippen molar-refractivity contribution in [1.82, 2.24) is 20.7 Å². The highest BCUT2D eigenvalue weighted by Gasteiger charge is 2.22. The Balaban J connectivity index is 1.83. The van der Waals surface area contributed by atoms with Gasteiger partial charge in [0, 0.05) is 25.2 Å². The molecule has 1 aliphatic rings. The lowest BCUT2D eigenvalue weighted by Crippen LogP contribution is -2.44. The predicted octanol–water partition coefficient (Wildman–Crippen LogP) is 1.21. The molecule has 2 N–H and O–H groups in total. The van der Waals surface area contributed by atoms with Gasteiger partial charge in [0.25, 0.3) is 0 Å². The molecule has 2 heterocycles. The lowest BCUT2D eigenvalue weighted by molar-refractivity contribution is 0.267. The zero-order chi connectivity index (χ0) is 14.2. The predicted molar refractivity (Wildman–Crippen MR) is 79.6 cm³/mol. The first-order valence-corrected chi connectivity index (χ1v) is 7.49. The zero-order valence-corrected chi connectivity index (χ0v) is 12.4. The second-order valence-electron chi connectivity index (χ2n) is 4.99. The Morgan fingerprint density at radius 3 is 3.10 bits per heavy atom. The van der Waals surface area contributed by atoms with Crippen LogP contribution in [0.1, 0.15) is 32.4 Å². The second-order valence-corrected chi connectivity index (χ2v) is 4.99. The first-order valence-electron chi connectivity index (χ1n) is 7.49. The molecule has 6 nitrogen and oxygen atoms in total. The number of nitrogens with one attached hydrogen (secondary N) is 2. The third-order valence-corrected chi connectivity index (χ3v) is 3.65. The molecule has 0 bridgehead atoms. The van der Waals surface area contributed by atoms with Crippen LogP contribution < -0.4 is 10.6 Å². The normalized spacial score (nSPS) is 20.3. The van der Waals surface area contributed by atoms with Gasteiger partial charge in [-0.2, -0.15) is 0 Å². The molecule has 0 saturated carbocycles. The monoisotopic (exact) mass is 279 g/mol. The van der Waals surface area contributed by atoms with Crippen molar-refractivity contribution in [3.8, 4) is 0 Å². The van der Waals surface area contributed by atoms with Crippen molar-refractivity contribution in [1.29, 1.82) is 0 Å².